The van der Waals surface area contributed by atoms with E-state index in [9.17, 15) is 4.79 Å². The maximum Gasteiger partial charge on any atom is 0.287 e. The number of hydrogen-bond acceptors (Lipinski definition) is 6. The number of hydrogen-bond donors (Lipinski definition) is 2. The van der Waals surface area contributed by atoms with Crippen molar-refractivity contribution >= 4 is 40.1 Å². The predicted molar refractivity (Wildman–Crippen MR) is 110 cm³/mol. The summed E-state index contributed by atoms with van der Waals surface area (Å²) >= 11 is 2.06. The summed E-state index contributed by atoms with van der Waals surface area (Å²) in [6, 6.07) is 6.02. The van der Waals surface area contributed by atoms with Gasteiger partial charge in [-0.15, -0.1) is 0 Å². The van der Waals surface area contributed by atoms with Gasteiger partial charge in [-0.3, -0.25) is 4.79 Å². The van der Waals surface area contributed by atoms with Crippen LogP contribution in [0.4, 0.5) is 11.6 Å². The van der Waals surface area contributed by atoms with Crippen LogP contribution in [-0.2, 0) is 0 Å². The molecule has 0 aliphatic heterocycles. The summed E-state index contributed by atoms with van der Waals surface area (Å²) in [5.74, 6) is 2.76. The van der Waals surface area contributed by atoms with Gasteiger partial charge < -0.3 is 20.0 Å². The molecule has 1 aliphatic rings. The van der Waals surface area contributed by atoms with Gasteiger partial charge in [0.1, 0.15) is 17.5 Å². The summed E-state index contributed by atoms with van der Waals surface area (Å²) in [6.07, 6.45) is 3.85. The zero-order valence-corrected chi connectivity index (χ0v) is 17.4. The normalized spacial score (nSPS) is 19.8. The van der Waals surface area contributed by atoms with Gasteiger partial charge in [0.2, 0.25) is 0 Å². The Morgan fingerprint density at radius 1 is 1.19 bits per heavy atom. The van der Waals surface area contributed by atoms with Crippen LogP contribution in [0, 0.1) is 10.7 Å². The van der Waals surface area contributed by atoms with E-state index in [0.29, 0.717) is 11.8 Å². The third-order valence-electron chi connectivity index (χ3n) is 4.49. The average Bonchev–Trinajstić information content (AvgIpc) is 3.03. The van der Waals surface area contributed by atoms with Gasteiger partial charge in [0.25, 0.3) is 5.91 Å². The number of aromatic nitrogens is 2. The highest BCUT2D eigenvalue weighted by Gasteiger charge is 2.24. The standard InChI is InChI=1S/C18H24IN5O2/c1-11-20-16(10-17(21-11)24(2)3)22-12-4-6-13(7-5-12)23-18(25)14-8-9-15(19)26-14/h8-10,12-13H,4-7H2,1-3H3,(H,23,25)(H,20,21,22)/t12-,13+. The molecule has 3 rings (SSSR count). The van der Waals surface area contributed by atoms with Gasteiger partial charge in [0.15, 0.2) is 9.53 Å². The minimum atomic E-state index is -0.133. The topological polar surface area (TPSA) is 83.3 Å². The summed E-state index contributed by atoms with van der Waals surface area (Å²) in [5.41, 5.74) is 0. The van der Waals surface area contributed by atoms with Crippen molar-refractivity contribution in [2.75, 3.05) is 24.3 Å². The van der Waals surface area contributed by atoms with Crippen molar-refractivity contribution in [3.8, 4) is 0 Å². The first kappa shape index (κ1) is 18.9. The zero-order valence-electron chi connectivity index (χ0n) is 15.3. The molecular weight excluding hydrogens is 445 g/mol. The Hall–Kier alpha value is -1.84. The Balaban J connectivity index is 1.52. The van der Waals surface area contributed by atoms with Crippen molar-refractivity contribution in [1.29, 1.82) is 0 Å². The molecule has 8 heteroatoms. The fourth-order valence-electron chi connectivity index (χ4n) is 3.14. The van der Waals surface area contributed by atoms with Crippen LogP contribution < -0.4 is 15.5 Å². The summed E-state index contributed by atoms with van der Waals surface area (Å²) < 4.78 is 6.09. The Kier molecular flexibility index (Phi) is 6.00. The first-order chi connectivity index (χ1) is 12.4. The molecule has 140 valence electrons. The Morgan fingerprint density at radius 2 is 1.88 bits per heavy atom. The molecule has 1 amide bonds. The highest BCUT2D eigenvalue weighted by Crippen LogP contribution is 2.23. The number of nitrogens with one attached hydrogen (secondary N) is 2. The molecule has 2 aromatic heterocycles. The van der Waals surface area contributed by atoms with Crippen LogP contribution in [0.1, 0.15) is 42.1 Å². The van der Waals surface area contributed by atoms with Crippen LogP contribution in [0.5, 0.6) is 0 Å². The second-order valence-corrected chi connectivity index (χ2v) is 7.89. The maximum absolute atomic E-state index is 12.2. The third kappa shape index (κ3) is 4.87. The highest BCUT2D eigenvalue weighted by molar-refractivity contribution is 14.1. The van der Waals surface area contributed by atoms with Gasteiger partial charge in [-0.1, -0.05) is 0 Å². The molecule has 0 atom stereocenters. The molecule has 2 N–H and O–H groups in total. The first-order valence-corrected chi connectivity index (χ1v) is 9.84. The van der Waals surface area contributed by atoms with Crippen LogP contribution in [-0.4, -0.2) is 42.1 Å². The number of carbonyl (C=O) groups excluding carboxylic acids is 1. The number of rotatable bonds is 5. The molecular formula is C18H24IN5O2. The molecule has 1 fully saturated rings. The molecule has 0 bridgehead atoms. The molecule has 0 saturated heterocycles. The number of furan rings is 1. The maximum atomic E-state index is 12.2. The minimum absolute atomic E-state index is 0.133. The van der Waals surface area contributed by atoms with Crippen LogP contribution in [0.3, 0.4) is 0 Å². The Bertz CT molecular complexity index is 769. The lowest BCUT2D eigenvalue weighted by Gasteiger charge is -2.30. The molecule has 7 nitrogen and oxygen atoms in total. The van der Waals surface area contributed by atoms with Crippen LogP contribution >= 0.6 is 22.6 Å². The Labute approximate surface area is 167 Å². The van der Waals surface area contributed by atoms with E-state index in [-0.39, 0.29) is 11.9 Å². The Morgan fingerprint density at radius 3 is 2.50 bits per heavy atom. The fourth-order valence-corrected chi connectivity index (χ4v) is 3.56. The monoisotopic (exact) mass is 469 g/mol. The van der Waals surface area contributed by atoms with E-state index in [0.717, 1.165) is 46.9 Å². The summed E-state index contributed by atoms with van der Waals surface area (Å²) in [4.78, 5) is 23.1. The van der Waals surface area contributed by atoms with E-state index in [2.05, 4.69) is 43.2 Å². The molecule has 2 heterocycles. The third-order valence-corrected chi connectivity index (χ3v) is 5.07. The zero-order chi connectivity index (χ0) is 18.7. The lowest BCUT2D eigenvalue weighted by Crippen LogP contribution is -2.40. The lowest BCUT2D eigenvalue weighted by atomic mass is 9.91. The number of nitrogens with zero attached hydrogens (tertiary/aromatic N) is 3. The number of aryl methyl sites for hydroxylation is 1. The van der Waals surface area contributed by atoms with Crippen molar-refractivity contribution in [2.24, 2.45) is 0 Å². The molecule has 0 radical (unpaired) electrons. The van der Waals surface area contributed by atoms with Gasteiger partial charge in [-0.05, 0) is 67.3 Å². The number of amides is 1. The molecule has 0 aromatic carbocycles. The van der Waals surface area contributed by atoms with Crippen molar-refractivity contribution in [3.05, 3.63) is 33.6 Å². The van der Waals surface area contributed by atoms with E-state index < -0.39 is 0 Å². The number of carbonyl (C=O) groups is 1. The van der Waals surface area contributed by atoms with Gasteiger partial charge in [0, 0.05) is 32.2 Å². The average molecular weight is 469 g/mol. The van der Waals surface area contributed by atoms with E-state index in [1.165, 1.54) is 0 Å². The largest absolute Gasteiger partial charge is 0.445 e. The van der Waals surface area contributed by atoms with Crippen molar-refractivity contribution in [3.63, 3.8) is 0 Å². The molecule has 1 saturated carbocycles. The summed E-state index contributed by atoms with van der Waals surface area (Å²) in [6.45, 7) is 1.90. The molecule has 26 heavy (non-hydrogen) atoms. The quantitative estimate of drug-likeness (QED) is 0.655. The van der Waals surface area contributed by atoms with Gasteiger partial charge in [-0.2, -0.15) is 0 Å². The number of halogens is 1. The van der Waals surface area contributed by atoms with Crippen LogP contribution in [0.15, 0.2) is 22.6 Å². The van der Waals surface area contributed by atoms with Crippen molar-refractivity contribution in [2.45, 2.75) is 44.7 Å². The highest BCUT2D eigenvalue weighted by atomic mass is 127. The summed E-state index contributed by atoms with van der Waals surface area (Å²) in [5, 5.41) is 6.59. The smallest absolute Gasteiger partial charge is 0.287 e. The molecule has 1 aliphatic carbocycles. The van der Waals surface area contributed by atoms with E-state index in [1.807, 2.05) is 32.0 Å². The van der Waals surface area contributed by atoms with E-state index in [4.69, 9.17) is 4.42 Å². The SMILES string of the molecule is Cc1nc(N[C@H]2CC[C@@H](NC(=O)c3ccc(I)o3)CC2)cc(N(C)C)n1. The second-order valence-electron chi connectivity index (χ2n) is 6.82. The van der Waals surface area contributed by atoms with Crippen LogP contribution in [0.2, 0.25) is 0 Å². The van der Waals surface area contributed by atoms with Crippen molar-refractivity contribution < 1.29 is 9.21 Å². The van der Waals surface area contributed by atoms with Crippen LogP contribution in [0.25, 0.3) is 0 Å². The molecule has 0 spiro atoms. The second kappa shape index (κ2) is 8.24. The van der Waals surface area contributed by atoms with Crippen molar-refractivity contribution in [1.82, 2.24) is 15.3 Å². The lowest BCUT2D eigenvalue weighted by molar-refractivity contribution is 0.0897. The van der Waals surface area contributed by atoms with E-state index in [1.54, 1.807) is 12.1 Å². The van der Waals surface area contributed by atoms with Gasteiger partial charge in [0.05, 0.1) is 0 Å². The number of anilines is 2. The predicted octanol–water partition coefficient (Wildman–Crippen LogP) is 3.20. The van der Waals surface area contributed by atoms with E-state index >= 15 is 0 Å². The minimum Gasteiger partial charge on any atom is -0.445 e. The van der Waals surface area contributed by atoms with Gasteiger partial charge in [-0.25, -0.2) is 9.97 Å². The first-order valence-electron chi connectivity index (χ1n) is 8.76. The molecule has 2 aromatic rings. The molecule has 0 unspecified atom stereocenters. The summed E-state index contributed by atoms with van der Waals surface area (Å²) in [7, 11) is 3.94. The fraction of sp³-hybridized carbons (Fsp3) is 0.500. The van der Waals surface area contributed by atoms with Gasteiger partial charge >= 0.3 is 0 Å².